The molecule has 0 bridgehead atoms. The summed E-state index contributed by atoms with van der Waals surface area (Å²) in [5.41, 5.74) is -3.17. The van der Waals surface area contributed by atoms with E-state index in [0.717, 1.165) is 33.5 Å². The van der Waals surface area contributed by atoms with Gasteiger partial charge in [-0.05, 0) is 0 Å². The average molecular weight is 389 g/mol. The molecule has 0 fully saturated rings. The number of aromatic nitrogens is 4. The van der Waals surface area contributed by atoms with E-state index in [9.17, 15) is 40.5 Å². The van der Waals surface area contributed by atoms with Crippen LogP contribution < -0.4 is 4.52 Å². The number of nitro benzene ring substituents is 4. The van der Waals surface area contributed by atoms with E-state index in [1.807, 2.05) is 0 Å². The van der Waals surface area contributed by atoms with Gasteiger partial charge in [-0.1, -0.05) is 0 Å². The Labute approximate surface area is 149 Å². The van der Waals surface area contributed by atoms with Crippen LogP contribution >= 0.6 is 0 Å². The van der Waals surface area contributed by atoms with Gasteiger partial charge in [-0.25, -0.2) is 0 Å². The molecule has 0 spiro atoms. The number of nitrogens with zero attached hydrogens (tertiary/aromatic N) is 7. The molecule has 0 aliphatic heterocycles. The molecule has 0 amide bonds. The molecule has 0 atom stereocenters. The number of aromatic amines is 1. The van der Waals surface area contributed by atoms with Crippen molar-refractivity contribution in [1.82, 2.24) is 14.9 Å². The molecule has 4 aromatic rings. The summed E-state index contributed by atoms with van der Waals surface area (Å²) in [4.78, 5) is 41.4. The standard InChI is InChI=1S/C12H5N8O8/c21-16(22)5-1-7-11(9(3-5)18(25)26)13-20-14-12-8(15(7)20)2-6(17(23)24)4-10(12)19(27)28/h1-4H,(H,13,14)/q+1. The lowest BCUT2D eigenvalue weighted by molar-refractivity contribution is -0.573. The molecule has 0 aliphatic carbocycles. The highest BCUT2D eigenvalue weighted by molar-refractivity contribution is 5.88. The van der Waals surface area contributed by atoms with Crippen molar-refractivity contribution >= 4 is 44.8 Å². The first-order chi connectivity index (χ1) is 13.2. The smallest absolute Gasteiger partial charge is 0.258 e. The number of benzene rings is 2. The fourth-order valence-corrected chi connectivity index (χ4v) is 2.87. The molecule has 28 heavy (non-hydrogen) atoms. The minimum Gasteiger partial charge on any atom is -0.258 e. The summed E-state index contributed by atoms with van der Waals surface area (Å²) in [5, 5.41) is 51.2. The highest BCUT2D eigenvalue weighted by Gasteiger charge is 2.33. The van der Waals surface area contributed by atoms with Crippen LogP contribution in [0.4, 0.5) is 22.7 Å². The van der Waals surface area contributed by atoms with E-state index >= 15 is 0 Å². The molecule has 0 aliphatic rings. The Morgan fingerprint density at radius 1 is 0.786 bits per heavy atom. The Kier molecular flexibility index (Phi) is 3.20. The Morgan fingerprint density at radius 2 is 1.32 bits per heavy atom. The lowest BCUT2D eigenvalue weighted by Crippen LogP contribution is -2.26. The Hall–Kier alpha value is -4.76. The van der Waals surface area contributed by atoms with Crippen molar-refractivity contribution in [2.24, 2.45) is 0 Å². The second-order valence-electron chi connectivity index (χ2n) is 5.53. The summed E-state index contributed by atoms with van der Waals surface area (Å²) in [6.07, 6.45) is 0. The van der Waals surface area contributed by atoms with E-state index in [-0.39, 0.29) is 22.1 Å². The minimum atomic E-state index is -0.866. The van der Waals surface area contributed by atoms with Gasteiger partial charge in [-0.3, -0.25) is 40.5 Å². The third-order valence-electron chi connectivity index (χ3n) is 4.00. The highest BCUT2D eigenvalue weighted by atomic mass is 16.6. The third kappa shape index (κ3) is 2.18. The van der Waals surface area contributed by atoms with Crippen LogP contribution in [-0.4, -0.2) is 34.6 Å². The van der Waals surface area contributed by atoms with Gasteiger partial charge in [0.25, 0.3) is 16.9 Å². The molecule has 2 aromatic carbocycles. The number of fused-ring (bicyclic) bond motifs is 5. The maximum Gasteiger partial charge on any atom is 0.324 e. The Balaban J connectivity index is 2.24. The van der Waals surface area contributed by atoms with Crippen molar-refractivity contribution in [1.29, 1.82) is 0 Å². The highest BCUT2D eigenvalue weighted by Crippen LogP contribution is 2.31. The van der Waals surface area contributed by atoms with Gasteiger partial charge in [-0.2, -0.15) is 5.10 Å². The maximum atomic E-state index is 11.3. The van der Waals surface area contributed by atoms with Crippen molar-refractivity contribution in [3.8, 4) is 0 Å². The van der Waals surface area contributed by atoms with Gasteiger partial charge in [0.1, 0.15) is 0 Å². The van der Waals surface area contributed by atoms with E-state index in [4.69, 9.17) is 0 Å². The van der Waals surface area contributed by atoms with E-state index < -0.39 is 42.4 Å². The zero-order valence-corrected chi connectivity index (χ0v) is 13.2. The molecule has 4 rings (SSSR count). The van der Waals surface area contributed by atoms with Crippen molar-refractivity contribution < 1.29 is 24.2 Å². The summed E-state index contributed by atoms with van der Waals surface area (Å²) in [6, 6.07) is 3.44. The normalized spacial score (nSPS) is 11.3. The SMILES string of the molecule is O=[N+]([O-])c1cc([N+](=O)[O-])c2nn3[nH]c4c([N+](=O)[O-])cc([N+](=O)[O-])cc4[n+]3c2c1. The number of hydrogen-bond acceptors (Lipinski definition) is 9. The largest absolute Gasteiger partial charge is 0.324 e. The van der Waals surface area contributed by atoms with E-state index in [2.05, 4.69) is 10.2 Å². The fraction of sp³-hybridized carbons (Fsp3) is 0. The van der Waals surface area contributed by atoms with Gasteiger partial charge in [0.05, 0.1) is 48.7 Å². The van der Waals surface area contributed by atoms with Crippen LogP contribution in [0.15, 0.2) is 24.3 Å². The molecule has 16 nitrogen and oxygen atoms in total. The van der Waals surface area contributed by atoms with Gasteiger partial charge in [0.2, 0.25) is 5.52 Å². The molecule has 2 heterocycles. The molecule has 1 N–H and O–H groups in total. The molecule has 0 saturated carbocycles. The molecule has 0 radical (unpaired) electrons. The molecule has 0 saturated heterocycles. The maximum absolute atomic E-state index is 11.3. The van der Waals surface area contributed by atoms with Crippen LogP contribution in [0, 0.1) is 40.5 Å². The summed E-state index contributed by atoms with van der Waals surface area (Å²) in [6.45, 7) is 0. The zero-order valence-electron chi connectivity index (χ0n) is 13.2. The Bertz CT molecular complexity index is 1280. The van der Waals surface area contributed by atoms with Crippen molar-refractivity contribution in [3.63, 3.8) is 0 Å². The first kappa shape index (κ1) is 16.7. The van der Waals surface area contributed by atoms with Crippen LogP contribution in [0.5, 0.6) is 0 Å². The third-order valence-corrected chi connectivity index (χ3v) is 4.00. The van der Waals surface area contributed by atoms with Crippen LogP contribution in [0.1, 0.15) is 0 Å². The van der Waals surface area contributed by atoms with Crippen LogP contribution in [0.2, 0.25) is 0 Å². The molecular formula is C12H5N8O8+. The molecule has 140 valence electrons. The summed E-state index contributed by atoms with van der Waals surface area (Å²) in [5.74, 6) is 0. The quantitative estimate of drug-likeness (QED) is 0.301. The van der Waals surface area contributed by atoms with Crippen LogP contribution in [0.3, 0.4) is 0 Å². The lowest BCUT2D eigenvalue weighted by Gasteiger charge is -1.94. The summed E-state index contributed by atoms with van der Waals surface area (Å²) < 4.78 is 1.92. The minimum absolute atomic E-state index is 0.113. The monoisotopic (exact) mass is 389 g/mol. The summed E-state index contributed by atoms with van der Waals surface area (Å²) >= 11 is 0. The number of H-pyrrole nitrogens is 1. The topological polar surface area (TPSA) is 210 Å². The predicted octanol–water partition coefficient (Wildman–Crippen LogP) is 1.19. The number of hydrogen-bond donors (Lipinski definition) is 1. The number of nitrogens with one attached hydrogen (secondary N) is 1. The van der Waals surface area contributed by atoms with Crippen molar-refractivity contribution in [2.45, 2.75) is 0 Å². The van der Waals surface area contributed by atoms with E-state index in [0.29, 0.717) is 0 Å². The van der Waals surface area contributed by atoms with Gasteiger partial charge in [0, 0.05) is 5.10 Å². The molecule has 0 unspecified atom stereocenters. The van der Waals surface area contributed by atoms with Crippen molar-refractivity contribution in [2.75, 3.05) is 0 Å². The Morgan fingerprint density at radius 3 is 1.86 bits per heavy atom. The van der Waals surface area contributed by atoms with Gasteiger partial charge in [-0.15, -0.1) is 4.52 Å². The average Bonchev–Trinajstić information content (AvgIpc) is 3.15. The second-order valence-corrected chi connectivity index (χ2v) is 5.53. The summed E-state index contributed by atoms with van der Waals surface area (Å²) in [7, 11) is 0. The number of rotatable bonds is 4. The molecule has 16 heteroatoms. The lowest BCUT2D eigenvalue weighted by atomic mass is 10.2. The van der Waals surface area contributed by atoms with E-state index in [1.54, 1.807) is 0 Å². The zero-order chi connectivity index (χ0) is 20.3. The number of nitro groups is 4. The van der Waals surface area contributed by atoms with Gasteiger partial charge >= 0.3 is 11.4 Å². The molecular weight excluding hydrogens is 384 g/mol. The van der Waals surface area contributed by atoms with Crippen LogP contribution in [-0.2, 0) is 0 Å². The fourth-order valence-electron chi connectivity index (χ4n) is 2.87. The van der Waals surface area contributed by atoms with E-state index in [1.165, 1.54) is 0 Å². The first-order valence-corrected chi connectivity index (χ1v) is 7.21. The van der Waals surface area contributed by atoms with Gasteiger partial charge in [0.15, 0.2) is 11.0 Å². The second kappa shape index (κ2) is 5.37. The number of non-ortho nitro benzene ring substituents is 4. The van der Waals surface area contributed by atoms with Crippen LogP contribution in [0.25, 0.3) is 22.1 Å². The first-order valence-electron chi connectivity index (χ1n) is 7.21. The predicted molar refractivity (Wildman–Crippen MR) is 86.8 cm³/mol. The molecule has 2 aromatic heterocycles. The van der Waals surface area contributed by atoms with Crippen molar-refractivity contribution in [3.05, 3.63) is 64.7 Å². The van der Waals surface area contributed by atoms with Gasteiger partial charge < -0.3 is 0 Å².